The Labute approximate surface area is 107 Å². The Morgan fingerprint density at radius 2 is 1.18 bits per heavy atom. The van der Waals surface area contributed by atoms with Crippen LogP contribution in [0.2, 0.25) is 0 Å². The lowest BCUT2D eigenvalue weighted by Gasteiger charge is -2.25. The van der Waals surface area contributed by atoms with E-state index in [1.807, 2.05) is 0 Å². The summed E-state index contributed by atoms with van der Waals surface area (Å²) in [5, 5.41) is 10.4. The summed E-state index contributed by atoms with van der Waals surface area (Å²) in [5.41, 5.74) is 0. The maximum Gasteiger partial charge on any atom is 0.0571 e. The van der Waals surface area contributed by atoms with Crippen LogP contribution in [0.1, 0.15) is 83.5 Å². The normalized spacial score (nSPS) is 27.4. The standard InChI is InChI=1S/C16H30O/c17-16(15-11-7-3-4-8-12-15)13-14-9-5-1-2-6-10-14/h14-17H,1-13H2. The van der Waals surface area contributed by atoms with Gasteiger partial charge < -0.3 is 5.11 Å². The van der Waals surface area contributed by atoms with Gasteiger partial charge in [-0.05, 0) is 31.1 Å². The SMILES string of the molecule is OC(CC1CCCCCC1)C1CCCCCC1. The molecule has 100 valence electrons. The van der Waals surface area contributed by atoms with E-state index in [0.717, 1.165) is 12.3 Å². The van der Waals surface area contributed by atoms with Gasteiger partial charge in [0, 0.05) is 0 Å². The molecular formula is C16H30O. The fraction of sp³-hybridized carbons (Fsp3) is 1.00. The summed E-state index contributed by atoms with van der Waals surface area (Å²) in [6.07, 6.45) is 17.6. The van der Waals surface area contributed by atoms with Gasteiger partial charge in [0.1, 0.15) is 0 Å². The highest BCUT2D eigenvalue weighted by molar-refractivity contribution is 4.76. The van der Waals surface area contributed by atoms with E-state index in [1.165, 1.54) is 77.0 Å². The largest absolute Gasteiger partial charge is 0.393 e. The van der Waals surface area contributed by atoms with Crippen molar-refractivity contribution in [3.05, 3.63) is 0 Å². The quantitative estimate of drug-likeness (QED) is 0.708. The monoisotopic (exact) mass is 238 g/mol. The zero-order valence-corrected chi connectivity index (χ0v) is 11.4. The van der Waals surface area contributed by atoms with E-state index in [0.29, 0.717) is 5.92 Å². The van der Waals surface area contributed by atoms with Gasteiger partial charge in [-0.3, -0.25) is 0 Å². The average molecular weight is 238 g/mol. The average Bonchev–Trinajstić information content (AvgIpc) is 2.72. The highest BCUT2D eigenvalue weighted by Crippen LogP contribution is 2.32. The minimum atomic E-state index is 0.0104. The van der Waals surface area contributed by atoms with E-state index in [2.05, 4.69) is 0 Å². The minimum absolute atomic E-state index is 0.0104. The van der Waals surface area contributed by atoms with E-state index in [9.17, 15) is 5.11 Å². The molecule has 0 spiro atoms. The summed E-state index contributed by atoms with van der Waals surface area (Å²) in [4.78, 5) is 0. The third-order valence-corrected chi connectivity index (χ3v) is 4.99. The first-order valence-electron chi connectivity index (χ1n) is 8.04. The van der Waals surface area contributed by atoms with Gasteiger partial charge in [-0.25, -0.2) is 0 Å². The molecule has 0 heterocycles. The van der Waals surface area contributed by atoms with E-state index in [1.54, 1.807) is 0 Å². The fourth-order valence-electron chi connectivity index (χ4n) is 3.83. The molecule has 0 aliphatic heterocycles. The van der Waals surface area contributed by atoms with E-state index < -0.39 is 0 Å². The van der Waals surface area contributed by atoms with Crippen LogP contribution in [-0.2, 0) is 0 Å². The van der Waals surface area contributed by atoms with Crippen LogP contribution in [0.3, 0.4) is 0 Å². The van der Waals surface area contributed by atoms with Crippen molar-refractivity contribution in [2.45, 2.75) is 89.6 Å². The Bertz CT molecular complexity index is 186. The highest BCUT2D eigenvalue weighted by atomic mass is 16.3. The summed E-state index contributed by atoms with van der Waals surface area (Å²) < 4.78 is 0. The van der Waals surface area contributed by atoms with Crippen molar-refractivity contribution in [1.29, 1.82) is 0 Å². The van der Waals surface area contributed by atoms with Gasteiger partial charge in [0.15, 0.2) is 0 Å². The minimum Gasteiger partial charge on any atom is -0.393 e. The molecule has 2 aliphatic carbocycles. The molecule has 1 heteroatoms. The summed E-state index contributed by atoms with van der Waals surface area (Å²) in [7, 11) is 0. The van der Waals surface area contributed by atoms with E-state index >= 15 is 0 Å². The number of rotatable bonds is 3. The lowest BCUT2D eigenvalue weighted by Crippen LogP contribution is -2.23. The van der Waals surface area contributed by atoms with Gasteiger partial charge in [0.25, 0.3) is 0 Å². The number of hydrogen-bond acceptors (Lipinski definition) is 1. The zero-order valence-electron chi connectivity index (χ0n) is 11.4. The van der Waals surface area contributed by atoms with Gasteiger partial charge in [-0.2, -0.15) is 0 Å². The van der Waals surface area contributed by atoms with Crippen LogP contribution in [0.15, 0.2) is 0 Å². The second kappa shape index (κ2) is 7.41. The lowest BCUT2D eigenvalue weighted by atomic mass is 9.85. The van der Waals surface area contributed by atoms with Gasteiger partial charge in [0.05, 0.1) is 6.10 Å². The zero-order chi connectivity index (χ0) is 11.9. The number of aliphatic hydroxyl groups is 1. The topological polar surface area (TPSA) is 20.2 Å². The molecule has 2 fully saturated rings. The molecule has 2 aliphatic rings. The van der Waals surface area contributed by atoms with Crippen LogP contribution in [0.25, 0.3) is 0 Å². The molecule has 17 heavy (non-hydrogen) atoms. The first-order chi connectivity index (χ1) is 8.36. The molecular weight excluding hydrogens is 208 g/mol. The van der Waals surface area contributed by atoms with Crippen molar-refractivity contribution in [3.63, 3.8) is 0 Å². The van der Waals surface area contributed by atoms with Gasteiger partial charge in [-0.15, -0.1) is 0 Å². The van der Waals surface area contributed by atoms with Crippen molar-refractivity contribution in [3.8, 4) is 0 Å². The molecule has 1 atom stereocenters. The van der Waals surface area contributed by atoms with Gasteiger partial charge in [-0.1, -0.05) is 64.2 Å². The number of aliphatic hydroxyl groups excluding tert-OH is 1. The van der Waals surface area contributed by atoms with Crippen LogP contribution in [0, 0.1) is 11.8 Å². The molecule has 1 N–H and O–H groups in total. The summed E-state index contributed by atoms with van der Waals surface area (Å²) in [5.74, 6) is 1.46. The van der Waals surface area contributed by atoms with Crippen LogP contribution in [-0.4, -0.2) is 11.2 Å². The summed E-state index contributed by atoms with van der Waals surface area (Å²) in [6, 6.07) is 0. The summed E-state index contributed by atoms with van der Waals surface area (Å²) in [6.45, 7) is 0. The first-order valence-corrected chi connectivity index (χ1v) is 8.04. The van der Waals surface area contributed by atoms with Crippen LogP contribution < -0.4 is 0 Å². The van der Waals surface area contributed by atoms with Crippen molar-refractivity contribution in [2.24, 2.45) is 11.8 Å². The van der Waals surface area contributed by atoms with Crippen molar-refractivity contribution >= 4 is 0 Å². The second-order valence-electron chi connectivity index (χ2n) is 6.41. The Morgan fingerprint density at radius 3 is 1.71 bits per heavy atom. The molecule has 1 nitrogen and oxygen atoms in total. The molecule has 0 amide bonds. The maximum atomic E-state index is 10.4. The van der Waals surface area contributed by atoms with Gasteiger partial charge >= 0.3 is 0 Å². The number of hydrogen-bond donors (Lipinski definition) is 1. The molecule has 0 aromatic rings. The van der Waals surface area contributed by atoms with Gasteiger partial charge in [0.2, 0.25) is 0 Å². The van der Waals surface area contributed by atoms with Crippen LogP contribution in [0.4, 0.5) is 0 Å². The maximum absolute atomic E-state index is 10.4. The smallest absolute Gasteiger partial charge is 0.0571 e. The molecule has 1 unspecified atom stereocenters. The Kier molecular flexibility index (Phi) is 5.84. The molecule has 0 saturated heterocycles. The molecule has 0 aromatic carbocycles. The predicted octanol–water partition coefficient (Wildman–Crippen LogP) is 4.68. The Morgan fingerprint density at radius 1 is 0.706 bits per heavy atom. The van der Waals surface area contributed by atoms with E-state index in [-0.39, 0.29) is 6.10 Å². The van der Waals surface area contributed by atoms with Crippen LogP contribution >= 0.6 is 0 Å². The van der Waals surface area contributed by atoms with Crippen molar-refractivity contribution in [2.75, 3.05) is 0 Å². The fourth-order valence-corrected chi connectivity index (χ4v) is 3.83. The Balaban J connectivity index is 1.75. The summed E-state index contributed by atoms with van der Waals surface area (Å²) >= 11 is 0. The van der Waals surface area contributed by atoms with Crippen molar-refractivity contribution < 1.29 is 5.11 Å². The second-order valence-corrected chi connectivity index (χ2v) is 6.41. The van der Waals surface area contributed by atoms with E-state index in [4.69, 9.17) is 0 Å². The third-order valence-electron chi connectivity index (χ3n) is 4.99. The third kappa shape index (κ3) is 4.62. The molecule has 2 saturated carbocycles. The molecule has 0 bridgehead atoms. The molecule has 0 aromatic heterocycles. The predicted molar refractivity (Wildman–Crippen MR) is 73.0 cm³/mol. The first kappa shape index (κ1) is 13.4. The van der Waals surface area contributed by atoms with Crippen LogP contribution in [0.5, 0.6) is 0 Å². The van der Waals surface area contributed by atoms with Crippen molar-refractivity contribution in [1.82, 2.24) is 0 Å². The molecule has 0 radical (unpaired) electrons. The lowest BCUT2D eigenvalue weighted by molar-refractivity contribution is 0.0709. The molecule has 2 rings (SSSR count). The Hall–Kier alpha value is -0.0400. The highest BCUT2D eigenvalue weighted by Gasteiger charge is 2.24.